The van der Waals surface area contributed by atoms with E-state index in [0.29, 0.717) is 28.4 Å². The third kappa shape index (κ3) is 1.76. The number of carbonyl (C=O) groups is 1. The predicted molar refractivity (Wildman–Crippen MR) is 65.8 cm³/mol. The van der Waals surface area contributed by atoms with Gasteiger partial charge in [0.25, 0.3) is 5.91 Å². The van der Waals surface area contributed by atoms with E-state index in [2.05, 4.69) is 4.98 Å². The van der Waals surface area contributed by atoms with Gasteiger partial charge in [-0.25, -0.2) is 4.98 Å². The Morgan fingerprint density at radius 3 is 3.00 bits per heavy atom. The molecular formula is C12H14ClN3O. The van der Waals surface area contributed by atoms with Crippen LogP contribution in [0.3, 0.4) is 0 Å². The monoisotopic (exact) mass is 251 g/mol. The van der Waals surface area contributed by atoms with Crippen molar-refractivity contribution in [2.45, 2.75) is 25.3 Å². The molecule has 1 aliphatic heterocycles. The Morgan fingerprint density at radius 2 is 2.35 bits per heavy atom. The predicted octanol–water partition coefficient (Wildman–Crippen LogP) is 1.94. The minimum absolute atomic E-state index is 0.000926. The zero-order valence-corrected chi connectivity index (χ0v) is 10.2. The van der Waals surface area contributed by atoms with Gasteiger partial charge in [0.2, 0.25) is 0 Å². The molecule has 5 heteroatoms. The van der Waals surface area contributed by atoms with Gasteiger partial charge in [-0.3, -0.25) is 4.79 Å². The molecule has 2 fully saturated rings. The minimum atomic E-state index is -0.000926. The molecule has 0 radical (unpaired) electrons. The second-order valence-electron chi connectivity index (χ2n) is 4.88. The van der Waals surface area contributed by atoms with Crippen molar-refractivity contribution < 1.29 is 4.79 Å². The summed E-state index contributed by atoms with van der Waals surface area (Å²) >= 11 is 5.81. The number of anilines is 1. The van der Waals surface area contributed by atoms with Crippen molar-refractivity contribution in [2.24, 2.45) is 5.92 Å². The van der Waals surface area contributed by atoms with Gasteiger partial charge in [-0.05, 0) is 31.2 Å². The fourth-order valence-corrected chi connectivity index (χ4v) is 3.11. The van der Waals surface area contributed by atoms with E-state index >= 15 is 0 Å². The number of carbonyl (C=O) groups excluding carboxylic acids is 1. The highest BCUT2D eigenvalue weighted by Gasteiger charge is 2.40. The van der Waals surface area contributed by atoms with Crippen LogP contribution in [0.4, 0.5) is 5.69 Å². The molecule has 2 N–H and O–H groups in total. The van der Waals surface area contributed by atoms with Gasteiger partial charge in [0.15, 0.2) is 0 Å². The number of likely N-dealkylation sites (tertiary alicyclic amines) is 1. The van der Waals surface area contributed by atoms with E-state index in [0.717, 1.165) is 19.4 Å². The van der Waals surface area contributed by atoms with Crippen LogP contribution in [-0.4, -0.2) is 28.4 Å². The quantitative estimate of drug-likeness (QED) is 0.776. The third-order valence-corrected chi connectivity index (χ3v) is 4.01. The van der Waals surface area contributed by atoms with E-state index < -0.39 is 0 Å². The molecule has 2 atom stereocenters. The van der Waals surface area contributed by atoms with Crippen LogP contribution in [0.15, 0.2) is 12.3 Å². The lowest BCUT2D eigenvalue weighted by Gasteiger charge is -2.27. The van der Waals surface area contributed by atoms with E-state index in [1.54, 1.807) is 6.07 Å². The lowest BCUT2D eigenvalue weighted by molar-refractivity contribution is 0.0704. The number of rotatable bonds is 1. The Kier molecular flexibility index (Phi) is 2.47. The van der Waals surface area contributed by atoms with Crippen molar-refractivity contribution in [3.63, 3.8) is 0 Å². The lowest BCUT2D eigenvalue weighted by atomic mass is 10.1. The van der Waals surface area contributed by atoms with Crippen molar-refractivity contribution in [2.75, 3.05) is 12.3 Å². The number of nitrogens with two attached hydrogens (primary N) is 1. The van der Waals surface area contributed by atoms with Crippen molar-refractivity contribution >= 4 is 23.2 Å². The molecule has 1 saturated carbocycles. The topological polar surface area (TPSA) is 59.2 Å². The summed E-state index contributed by atoms with van der Waals surface area (Å²) in [6.45, 7) is 0.864. The van der Waals surface area contributed by atoms with Gasteiger partial charge in [-0.15, -0.1) is 0 Å². The van der Waals surface area contributed by atoms with Gasteiger partial charge in [0, 0.05) is 12.6 Å². The number of hydrogen-bond acceptors (Lipinski definition) is 3. The molecule has 2 unspecified atom stereocenters. The van der Waals surface area contributed by atoms with E-state index in [4.69, 9.17) is 17.3 Å². The van der Waals surface area contributed by atoms with Crippen LogP contribution in [0, 0.1) is 5.92 Å². The van der Waals surface area contributed by atoms with Crippen LogP contribution in [0.25, 0.3) is 0 Å². The molecule has 3 rings (SSSR count). The maximum atomic E-state index is 12.4. The van der Waals surface area contributed by atoms with Crippen LogP contribution < -0.4 is 5.73 Å². The Balaban J connectivity index is 1.89. The second kappa shape index (κ2) is 3.88. The highest BCUT2D eigenvalue weighted by molar-refractivity contribution is 6.29. The zero-order valence-electron chi connectivity index (χ0n) is 9.40. The molecule has 90 valence electrons. The normalized spacial score (nSPS) is 26.5. The molecule has 0 spiro atoms. The second-order valence-corrected chi connectivity index (χ2v) is 5.27. The first-order chi connectivity index (χ1) is 8.15. The Bertz CT molecular complexity index is 477. The Morgan fingerprint density at radius 1 is 1.53 bits per heavy atom. The van der Waals surface area contributed by atoms with E-state index in [1.807, 2.05) is 4.90 Å². The summed E-state index contributed by atoms with van der Waals surface area (Å²) in [6, 6.07) is 1.96. The summed E-state index contributed by atoms with van der Waals surface area (Å²) in [5.74, 6) is 0.682. The average molecular weight is 252 g/mol. The molecule has 2 bridgehead atoms. The summed E-state index contributed by atoms with van der Waals surface area (Å²) in [4.78, 5) is 18.2. The van der Waals surface area contributed by atoms with Gasteiger partial charge in [-0.1, -0.05) is 11.6 Å². The number of pyridine rings is 1. The van der Waals surface area contributed by atoms with Crippen LogP contribution in [0.2, 0.25) is 5.15 Å². The summed E-state index contributed by atoms with van der Waals surface area (Å²) in [5.41, 5.74) is 6.68. The lowest BCUT2D eigenvalue weighted by Crippen LogP contribution is -2.38. The molecule has 1 aromatic rings. The van der Waals surface area contributed by atoms with Crippen molar-refractivity contribution in [1.82, 2.24) is 9.88 Å². The molecule has 2 aliphatic rings. The molecular weight excluding hydrogens is 238 g/mol. The molecule has 0 aromatic carbocycles. The highest BCUT2D eigenvalue weighted by atomic mass is 35.5. The maximum absolute atomic E-state index is 12.4. The highest BCUT2D eigenvalue weighted by Crippen LogP contribution is 2.38. The fraction of sp³-hybridized carbons (Fsp3) is 0.500. The van der Waals surface area contributed by atoms with Gasteiger partial charge in [0.05, 0.1) is 17.4 Å². The van der Waals surface area contributed by atoms with Gasteiger partial charge >= 0.3 is 0 Å². The number of nitrogens with zero attached hydrogens (tertiary/aromatic N) is 2. The fourth-order valence-electron chi connectivity index (χ4n) is 2.95. The number of halogens is 1. The minimum Gasteiger partial charge on any atom is -0.397 e. The summed E-state index contributed by atoms with van der Waals surface area (Å²) < 4.78 is 0. The molecule has 1 aromatic heterocycles. The van der Waals surface area contributed by atoms with Gasteiger partial charge in [-0.2, -0.15) is 0 Å². The Hall–Kier alpha value is -1.29. The van der Waals surface area contributed by atoms with Crippen LogP contribution in [-0.2, 0) is 0 Å². The third-order valence-electron chi connectivity index (χ3n) is 3.80. The molecule has 1 saturated heterocycles. The van der Waals surface area contributed by atoms with Crippen molar-refractivity contribution in [3.8, 4) is 0 Å². The number of aromatic nitrogens is 1. The SMILES string of the molecule is Nc1cnc(Cl)cc1C(=O)N1CC2CCC1C2. The molecule has 4 nitrogen and oxygen atoms in total. The molecule has 17 heavy (non-hydrogen) atoms. The maximum Gasteiger partial charge on any atom is 0.256 e. The molecule has 1 aliphatic carbocycles. The summed E-state index contributed by atoms with van der Waals surface area (Å²) in [6.07, 6.45) is 4.96. The van der Waals surface area contributed by atoms with Crippen LogP contribution in [0.5, 0.6) is 0 Å². The summed E-state index contributed by atoms with van der Waals surface area (Å²) in [5, 5.41) is 0.312. The number of amides is 1. The van der Waals surface area contributed by atoms with E-state index in [1.165, 1.54) is 12.6 Å². The number of fused-ring (bicyclic) bond motifs is 2. The summed E-state index contributed by atoms with van der Waals surface area (Å²) in [7, 11) is 0. The first-order valence-corrected chi connectivity index (χ1v) is 6.25. The largest absolute Gasteiger partial charge is 0.397 e. The van der Waals surface area contributed by atoms with Gasteiger partial charge < -0.3 is 10.6 Å². The smallest absolute Gasteiger partial charge is 0.256 e. The van der Waals surface area contributed by atoms with E-state index in [-0.39, 0.29) is 5.91 Å². The zero-order chi connectivity index (χ0) is 12.0. The first kappa shape index (κ1) is 10.8. The van der Waals surface area contributed by atoms with Crippen molar-refractivity contribution in [1.29, 1.82) is 0 Å². The van der Waals surface area contributed by atoms with Crippen LogP contribution >= 0.6 is 11.6 Å². The van der Waals surface area contributed by atoms with Crippen molar-refractivity contribution in [3.05, 3.63) is 23.0 Å². The molecule has 1 amide bonds. The van der Waals surface area contributed by atoms with Crippen LogP contribution in [0.1, 0.15) is 29.6 Å². The standard InChI is InChI=1S/C12H14ClN3O/c13-11-4-9(10(14)5-15-11)12(17)16-6-7-1-2-8(16)3-7/h4-5,7-8H,1-3,6,14H2. The Labute approximate surface area is 105 Å². The molecule has 2 heterocycles. The van der Waals surface area contributed by atoms with Gasteiger partial charge in [0.1, 0.15) is 5.15 Å². The number of nitrogen functional groups attached to an aromatic ring is 1. The first-order valence-electron chi connectivity index (χ1n) is 5.87. The number of piperidine rings is 1. The average Bonchev–Trinajstić information content (AvgIpc) is 2.93. The number of hydrogen-bond donors (Lipinski definition) is 1. The van der Waals surface area contributed by atoms with E-state index in [9.17, 15) is 4.79 Å².